The van der Waals surface area contributed by atoms with Gasteiger partial charge in [0.15, 0.2) is 0 Å². The van der Waals surface area contributed by atoms with Crippen molar-refractivity contribution in [3.8, 4) is 0 Å². The normalized spacial score (nSPS) is 11.9. The quantitative estimate of drug-likeness (QED) is 0.738. The van der Waals surface area contributed by atoms with Gasteiger partial charge in [0.25, 0.3) is 0 Å². The highest BCUT2D eigenvalue weighted by Crippen LogP contribution is 2.06. The van der Waals surface area contributed by atoms with Crippen LogP contribution in [0.4, 0.5) is 0 Å². The van der Waals surface area contributed by atoms with Gasteiger partial charge in [0.05, 0.1) is 0 Å². The van der Waals surface area contributed by atoms with Crippen molar-refractivity contribution in [2.45, 2.75) is 19.4 Å². The minimum absolute atomic E-state index is 0.126. The second-order valence-electron chi connectivity index (χ2n) is 3.45. The summed E-state index contributed by atoms with van der Waals surface area (Å²) in [4.78, 5) is 23.2. The largest absolute Gasteiger partial charge is 0.335 e. The van der Waals surface area contributed by atoms with E-state index in [4.69, 9.17) is 0 Å². The van der Waals surface area contributed by atoms with E-state index < -0.39 is 6.04 Å². The van der Waals surface area contributed by atoms with Gasteiger partial charge in [-0.25, -0.2) is 0 Å². The molecule has 1 rings (SSSR count). The third kappa shape index (κ3) is 3.20. The van der Waals surface area contributed by atoms with Crippen LogP contribution in [0.1, 0.15) is 12.5 Å². The minimum atomic E-state index is -0.495. The van der Waals surface area contributed by atoms with Crippen molar-refractivity contribution in [2.75, 3.05) is 7.05 Å². The monoisotopic (exact) mass is 204 g/mol. The summed E-state index contributed by atoms with van der Waals surface area (Å²) in [6.07, 6.45) is 2.40. The summed E-state index contributed by atoms with van der Waals surface area (Å²) in [7, 11) is 1.61. The molecular weight excluding hydrogens is 190 g/mol. The van der Waals surface area contributed by atoms with Gasteiger partial charge in [0.1, 0.15) is 6.04 Å². The van der Waals surface area contributed by atoms with Crippen molar-refractivity contribution >= 4 is 12.2 Å². The van der Waals surface area contributed by atoms with Gasteiger partial charge in [-0.3, -0.25) is 9.59 Å². The zero-order chi connectivity index (χ0) is 11.3. The van der Waals surface area contributed by atoms with Crippen LogP contribution in [0.5, 0.6) is 0 Å². The summed E-state index contributed by atoms with van der Waals surface area (Å²) in [5.74, 6) is -0.126. The van der Waals surface area contributed by atoms with Crippen molar-refractivity contribution in [1.29, 1.82) is 0 Å². The SMILES string of the molecule is CC(=O)N(C)C([C]=O)Cc1ccccc1. The zero-order valence-corrected chi connectivity index (χ0v) is 8.93. The van der Waals surface area contributed by atoms with Gasteiger partial charge < -0.3 is 4.90 Å². The lowest BCUT2D eigenvalue weighted by Crippen LogP contribution is -2.38. The van der Waals surface area contributed by atoms with E-state index in [0.29, 0.717) is 6.42 Å². The fourth-order valence-corrected chi connectivity index (χ4v) is 1.31. The molecule has 1 radical (unpaired) electrons. The van der Waals surface area contributed by atoms with Crippen molar-refractivity contribution < 1.29 is 9.59 Å². The van der Waals surface area contributed by atoms with E-state index in [1.54, 1.807) is 7.05 Å². The predicted molar refractivity (Wildman–Crippen MR) is 58.1 cm³/mol. The maximum absolute atomic E-state index is 11.1. The molecule has 1 unspecified atom stereocenters. The Morgan fingerprint density at radius 1 is 1.40 bits per heavy atom. The number of likely N-dealkylation sites (N-methyl/N-ethyl adjacent to an activating group) is 1. The number of amides is 1. The lowest BCUT2D eigenvalue weighted by Gasteiger charge is -2.21. The van der Waals surface area contributed by atoms with Gasteiger partial charge >= 0.3 is 0 Å². The molecule has 1 aromatic carbocycles. The Hall–Kier alpha value is -1.64. The molecule has 79 valence electrons. The molecule has 0 aliphatic heterocycles. The van der Waals surface area contributed by atoms with Crippen LogP contribution in [0.3, 0.4) is 0 Å². The van der Waals surface area contributed by atoms with E-state index in [0.717, 1.165) is 5.56 Å². The number of carbonyl (C=O) groups excluding carboxylic acids is 2. The van der Waals surface area contributed by atoms with Gasteiger partial charge in [-0.05, 0) is 5.56 Å². The maximum atomic E-state index is 11.1. The molecule has 0 fully saturated rings. The molecule has 0 N–H and O–H groups in total. The summed E-state index contributed by atoms with van der Waals surface area (Å²) in [6.45, 7) is 1.44. The highest BCUT2D eigenvalue weighted by atomic mass is 16.2. The molecule has 0 aliphatic rings. The highest BCUT2D eigenvalue weighted by molar-refractivity contribution is 5.77. The topological polar surface area (TPSA) is 37.4 Å². The molecule has 1 amide bonds. The molecule has 3 heteroatoms. The zero-order valence-electron chi connectivity index (χ0n) is 8.93. The van der Waals surface area contributed by atoms with E-state index in [-0.39, 0.29) is 5.91 Å². The molecule has 0 saturated heterocycles. The summed E-state index contributed by atoms with van der Waals surface area (Å²) in [6, 6.07) is 9.09. The molecular formula is C12H14NO2. The van der Waals surface area contributed by atoms with Gasteiger partial charge in [-0.15, -0.1) is 0 Å². The Bertz CT molecular complexity index is 335. The van der Waals surface area contributed by atoms with E-state index in [2.05, 4.69) is 0 Å². The van der Waals surface area contributed by atoms with Gasteiger partial charge in [-0.2, -0.15) is 0 Å². The Labute approximate surface area is 89.7 Å². The summed E-state index contributed by atoms with van der Waals surface area (Å²) < 4.78 is 0. The predicted octanol–water partition coefficient (Wildman–Crippen LogP) is 1.19. The Morgan fingerprint density at radius 2 is 2.00 bits per heavy atom. The fourth-order valence-electron chi connectivity index (χ4n) is 1.31. The Balaban J connectivity index is 2.70. The molecule has 1 aromatic rings. The van der Waals surface area contributed by atoms with Crippen LogP contribution in [0, 0.1) is 0 Å². The van der Waals surface area contributed by atoms with Crippen LogP contribution in [-0.2, 0) is 16.0 Å². The first-order valence-corrected chi connectivity index (χ1v) is 4.80. The number of hydrogen-bond donors (Lipinski definition) is 0. The van der Waals surface area contributed by atoms with Crippen molar-refractivity contribution in [1.82, 2.24) is 4.90 Å². The molecule has 1 atom stereocenters. The highest BCUT2D eigenvalue weighted by Gasteiger charge is 2.17. The van der Waals surface area contributed by atoms with Crippen LogP contribution in [0.2, 0.25) is 0 Å². The standard InChI is InChI=1S/C12H14NO2/c1-10(15)13(2)12(9-14)8-11-6-4-3-5-7-11/h3-7,12H,8H2,1-2H3. The number of benzene rings is 1. The summed E-state index contributed by atoms with van der Waals surface area (Å²) in [5.41, 5.74) is 1.03. The fraction of sp³-hybridized carbons (Fsp3) is 0.333. The van der Waals surface area contributed by atoms with Crippen molar-refractivity contribution in [3.05, 3.63) is 35.9 Å². The van der Waals surface area contributed by atoms with Crippen molar-refractivity contribution in [2.24, 2.45) is 0 Å². The number of rotatable bonds is 4. The average molecular weight is 204 g/mol. The van der Waals surface area contributed by atoms with E-state index in [1.807, 2.05) is 36.6 Å². The molecule has 0 aliphatic carbocycles. The summed E-state index contributed by atoms with van der Waals surface area (Å²) in [5, 5.41) is 0. The van der Waals surface area contributed by atoms with Crippen LogP contribution < -0.4 is 0 Å². The average Bonchev–Trinajstić information content (AvgIpc) is 2.26. The van der Waals surface area contributed by atoms with Crippen molar-refractivity contribution in [3.63, 3.8) is 0 Å². The number of carbonyl (C=O) groups is 1. The summed E-state index contributed by atoms with van der Waals surface area (Å²) >= 11 is 0. The van der Waals surface area contributed by atoms with Crippen LogP contribution >= 0.6 is 0 Å². The van der Waals surface area contributed by atoms with Gasteiger partial charge in [-0.1, -0.05) is 30.3 Å². The van der Waals surface area contributed by atoms with E-state index in [1.165, 1.54) is 11.8 Å². The lowest BCUT2D eigenvalue weighted by atomic mass is 10.1. The van der Waals surface area contributed by atoms with Crippen LogP contribution in [0.25, 0.3) is 0 Å². The van der Waals surface area contributed by atoms with E-state index in [9.17, 15) is 9.59 Å². The second-order valence-corrected chi connectivity index (χ2v) is 3.45. The third-order valence-electron chi connectivity index (χ3n) is 2.37. The maximum Gasteiger partial charge on any atom is 0.223 e. The molecule has 0 bridgehead atoms. The number of hydrogen-bond acceptors (Lipinski definition) is 2. The Kier molecular flexibility index (Phi) is 4.03. The van der Waals surface area contributed by atoms with E-state index >= 15 is 0 Å². The molecule has 3 nitrogen and oxygen atoms in total. The first-order valence-electron chi connectivity index (χ1n) is 4.80. The van der Waals surface area contributed by atoms with Gasteiger partial charge in [0.2, 0.25) is 12.2 Å². The lowest BCUT2D eigenvalue weighted by molar-refractivity contribution is -0.128. The first kappa shape index (κ1) is 11.4. The second kappa shape index (κ2) is 5.29. The molecule has 0 heterocycles. The smallest absolute Gasteiger partial charge is 0.223 e. The molecule has 15 heavy (non-hydrogen) atoms. The Morgan fingerprint density at radius 3 is 2.47 bits per heavy atom. The minimum Gasteiger partial charge on any atom is -0.335 e. The van der Waals surface area contributed by atoms with Crippen LogP contribution in [-0.4, -0.2) is 30.2 Å². The third-order valence-corrected chi connectivity index (χ3v) is 2.37. The van der Waals surface area contributed by atoms with Gasteiger partial charge in [0, 0.05) is 20.4 Å². The molecule has 0 aromatic heterocycles. The van der Waals surface area contributed by atoms with Crippen LogP contribution in [0.15, 0.2) is 30.3 Å². The number of nitrogens with zero attached hydrogens (tertiary/aromatic N) is 1. The first-order chi connectivity index (χ1) is 7.15. The molecule has 0 spiro atoms. The molecule has 0 saturated carbocycles.